The number of amides is 2. The number of hydrogen-bond donors (Lipinski definition) is 1. The van der Waals surface area contributed by atoms with Crippen molar-refractivity contribution in [3.63, 3.8) is 0 Å². The van der Waals surface area contributed by atoms with Gasteiger partial charge in [0.2, 0.25) is 28.6 Å². The van der Waals surface area contributed by atoms with Crippen molar-refractivity contribution in [3.8, 4) is 11.5 Å². The summed E-state index contributed by atoms with van der Waals surface area (Å²) in [5, 5.41) is 2.60. The summed E-state index contributed by atoms with van der Waals surface area (Å²) in [7, 11) is -2.30. The van der Waals surface area contributed by atoms with E-state index in [1.165, 1.54) is 18.0 Å². The standard InChI is InChI=1S/C23H29N3O6S/c1-5-19(23(28)24-3)25(13-17-9-7-6-8-16(17)2)22(27)14-26(33(4,29)30)18-10-11-20-21(12-18)32-15-31-20/h6-12,19H,5,13-15H2,1-4H3,(H,24,28)/t19-/m1/s1. The third-order valence-electron chi connectivity index (χ3n) is 5.56. The smallest absolute Gasteiger partial charge is 0.244 e. The van der Waals surface area contributed by atoms with Gasteiger partial charge in [0.05, 0.1) is 11.9 Å². The minimum absolute atomic E-state index is 0.0467. The molecule has 1 N–H and O–H groups in total. The molecule has 1 heterocycles. The topological polar surface area (TPSA) is 105 Å². The van der Waals surface area contributed by atoms with Gasteiger partial charge in [-0.05, 0) is 36.6 Å². The number of sulfonamides is 1. The first-order valence-electron chi connectivity index (χ1n) is 10.6. The van der Waals surface area contributed by atoms with E-state index >= 15 is 0 Å². The predicted octanol–water partition coefficient (Wildman–Crippen LogP) is 2.04. The molecule has 0 spiro atoms. The minimum atomic E-state index is -3.81. The lowest BCUT2D eigenvalue weighted by Crippen LogP contribution is -2.51. The van der Waals surface area contributed by atoms with Crippen LogP contribution >= 0.6 is 0 Å². The maximum absolute atomic E-state index is 13.5. The van der Waals surface area contributed by atoms with Crippen molar-refractivity contribution in [2.75, 3.05) is 30.9 Å². The number of carbonyl (C=O) groups excluding carboxylic acids is 2. The van der Waals surface area contributed by atoms with Gasteiger partial charge in [-0.2, -0.15) is 0 Å². The van der Waals surface area contributed by atoms with E-state index in [1.54, 1.807) is 12.1 Å². The van der Waals surface area contributed by atoms with Gasteiger partial charge in [-0.25, -0.2) is 8.42 Å². The molecule has 0 fully saturated rings. The molecule has 2 amide bonds. The molecule has 3 rings (SSSR count). The molecule has 0 saturated carbocycles. The highest BCUT2D eigenvalue weighted by molar-refractivity contribution is 7.92. The van der Waals surface area contributed by atoms with Crippen molar-refractivity contribution in [1.29, 1.82) is 0 Å². The zero-order valence-electron chi connectivity index (χ0n) is 19.2. The summed E-state index contributed by atoms with van der Waals surface area (Å²) in [5.74, 6) is 0.109. The van der Waals surface area contributed by atoms with Gasteiger partial charge in [0, 0.05) is 19.7 Å². The molecular weight excluding hydrogens is 446 g/mol. The van der Waals surface area contributed by atoms with Crippen LogP contribution in [-0.2, 0) is 26.2 Å². The molecule has 178 valence electrons. The molecule has 9 nitrogen and oxygen atoms in total. The van der Waals surface area contributed by atoms with Crippen LogP contribution in [0.4, 0.5) is 5.69 Å². The molecule has 0 radical (unpaired) electrons. The van der Waals surface area contributed by atoms with Crippen LogP contribution in [0.5, 0.6) is 11.5 Å². The third-order valence-corrected chi connectivity index (χ3v) is 6.70. The summed E-state index contributed by atoms with van der Waals surface area (Å²) in [6, 6.07) is 11.5. The highest BCUT2D eigenvalue weighted by atomic mass is 32.2. The average Bonchev–Trinajstić information content (AvgIpc) is 3.25. The summed E-state index contributed by atoms with van der Waals surface area (Å²) >= 11 is 0. The van der Waals surface area contributed by atoms with Crippen LogP contribution < -0.4 is 19.1 Å². The molecule has 2 aromatic carbocycles. The van der Waals surface area contributed by atoms with Crippen LogP contribution in [0, 0.1) is 6.92 Å². The highest BCUT2D eigenvalue weighted by Gasteiger charge is 2.32. The van der Waals surface area contributed by atoms with E-state index in [-0.39, 0.29) is 24.9 Å². The summed E-state index contributed by atoms with van der Waals surface area (Å²) in [5.41, 5.74) is 2.12. The van der Waals surface area contributed by atoms with Gasteiger partial charge >= 0.3 is 0 Å². The van der Waals surface area contributed by atoms with Gasteiger partial charge in [-0.3, -0.25) is 13.9 Å². The van der Waals surface area contributed by atoms with Crippen molar-refractivity contribution < 1.29 is 27.5 Å². The fourth-order valence-electron chi connectivity index (χ4n) is 3.71. The van der Waals surface area contributed by atoms with Gasteiger partial charge in [-0.15, -0.1) is 0 Å². The largest absolute Gasteiger partial charge is 0.454 e. The maximum atomic E-state index is 13.5. The Morgan fingerprint density at radius 1 is 1.12 bits per heavy atom. The second kappa shape index (κ2) is 10.1. The van der Waals surface area contributed by atoms with Gasteiger partial charge in [0.1, 0.15) is 12.6 Å². The number of fused-ring (bicyclic) bond motifs is 1. The molecule has 0 bridgehead atoms. The fourth-order valence-corrected chi connectivity index (χ4v) is 4.55. The quantitative estimate of drug-likeness (QED) is 0.595. The molecule has 1 atom stereocenters. The number of ether oxygens (including phenoxy) is 2. The van der Waals surface area contributed by atoms with Crippen LogP contribution in [0.3, 0.4) is 0 Å². The first-order chi connectivity index (χ1) is 15.7. The van der Waals surface area contributed by atoms with Crippen molar-refractivity contribution >= 4 is 27.5 Å². The molecule has 10 heteroatoms. The second-order valence-electron chi connectivity index (χ2n) is 7.79. The van der Waals surface area contributed by atoms with Crippen molar-refractivity contribution in [2.45, 2.75) is 32.9 Å². The van der Waals surface area contributed by atoms with E-state index in [2.05, 4.69) is 5.32 Å². The van der Waals surface area contributed by atoms with E-state index in [1.807, 2.05) is 38.1 Å². The number of nitrogens with zero attached hydrogens (tertiary/aromatic N) is 2. The second-order valence-corrected chi connectivity index (χ2v) is 9.70. The summed E-state index contributed by atoms with van der Waals surface area (Å²) < 4.78 is 36.9. The molecule has 1 aliphatic heterocycles. The zero-order chi connectivity index (χ0) is 24.2. The average molecular weight is 476 g/mol. The van der Waals surface area contributed by atoms with Gasteiger partial charge in [0.15, 0.2) is 11.5 Å². The Morgan fingerprint density at radius 3 is 2.45 bits per heavy atom. The van der Waals surface area contributed by atoms with Gasteiger partial charge < -0.3 is 19.7 Å². The Labute approximate surface area is 194 Å². The zero-order valence-corrected chi connectivity index (χ0v) is 20.0. The van der Waals surface area contributed by atoms with Gasteiger partial charge in [0.25, 0.3) is 0 Å². The van der Waals surface area contributed by atoms with E-state index in [4.69, 9.17) is 9.47 Å². The van der Waals surface area contributed by atoms with Gasteiger partial charge in [-0.1, -0.05) is 31.2 Å². The number of nitrogens with one attached hydrogen (secondary N) is 1. The lowest BCUT2D eigenvalue weighted by atomic mass is 10.1. The Morgan fingerprint density at radius 2 is 1.82 bits per heavy atom. The fraction of sp³-hybridized carbons (Fsp3) is 0.391. The molecule has 0 unspecified atom stereocenters. The van der Waals surface area contributed by atoms with Crippen LogP contribution in [-0.4, -0.2) is 57.8 Å². The Hall–Kier alpha value is -3.27. The Balaban J connectivity index is 1.95. The third kappa shape index (κ3) is 5.57. The molecule has 0 saturated heterocycles. The van der Waals surface area contributed by atoms with E-state index in [0.29, 0.717) is 17.9 Å². The number of anilines is 1. The van der Waals surface area contributed by atoms with Crippen molar-refractivity contribution in [2.24, 2.45) is 0 Å². The first-order valence-corrected chi connectivity index (χ1v) is 12.4. The highest BCUT2D eigenvalue weighted by Crippen LogP contribution is 2.36. The Kier molecular flexibility index (Phi) is 7.47. The number of rotatable bonds is 9. The molecule has 33 heavy (non-hydrogen) atoms. The normalized spacial score (nSPS) is 13.3. The van der Waals surface area contributed by atoms with Crippen molar-refractivity contribution in [3.05, 3.63) is 53.6 Å². The molecule has 2 aromatic rings. The summed E-state index contributed by atoms with van der Waals surface area (Å²) in [4.78, 5) is 27.5. The van der Waals surface area contributed by atoms with Crippen LogP contribution in [0.25, 0.3) is 0 Å². The van der Waals surface area contributed by atoms with Crippen LogP contribution in [0.15, 0.2) is 42.5 Å². The minimum Gasteiger partial charge on any atom is -0.454 e. The maximum Gasteiger partial charge on any atom is 0.244 e. The Bertz CT molecular complexity index is 1130. The molecule has 0 aliphatic carbocycles. The van der Waals surface area contributed by atoms with Crippen molar-refractivity contribution in [1.82, 2.24) is 10.2 Å². The first kappa shape index (κ1) is 24.4. The lowest BCUT2D eigenvalue weighted by Gasteiger charge is -2.33. The SMILES string of the molecule is CC[C@H](C(=O)NC)N(Cc1ccccc1C)C(=O)CN(c1ccc2c(c1)OCO2)S(C)(=O)=O. The molecular formula is C23H29N3O6S. The summed E-state index contributed by atoms with van der Waals surface area (Å²) in [6.07, 6.45) is 1.41. The monoisotopic (exact) mass is 475 g/mol. The lowest BCUT2D eigenvalue weighted by molar-refractivity contribution is -0.140. The molecule has 0 aromatic heterocycles. The number of aryl methyl sites for hydroxylation is 1. The number of carbonyl (C=O) groups is 2. The number of likely N-dealkylation sites (N-methyl/N-ethyl adjacent to an activating group) is 1. The summed E-state index contributed by atoms with van der Waals surface area (Å²) in [6.45, 7) is 3.50. The number of hydrogen-bond acceptors (Lipinski definition) is 6. The van der Waals surface area contributed by atoms with Crippen LogP contribution in [0.2, 0.25) is 0 Å². The number of benzene rings is 2. The van der Waals surface area contributed by atoms with E-state index in [0.717, 1.165) is 21.7 Å². The van der Waals surface area contributed by atoms with Crippen LogP contribution in [0.1, 0.15) is 24.5 Å². The predicted molar refractivity (Wildman–Crippen MR) is 125 cm³/mol. The van der Waals surface area contributed by atoms with E-state index in [9.17, 15) is 18.0 Å². The molecule has 1 aliphatic rings. The van der Waals surface area contributed by atoms with E-state index < -0.39 is 28.5 Å².